The van der Waals surface area contributed by atoms with Crippen LogP contribution in [0.2, 0.25) is 0 Å². The molecule has 1 aliphatic rings. The number of aryl methyl sites for hydroxylation is 2. The summed E-state index contributed by atoms with van der Waals surface area (Å²) in [5, 5.41) is 12.4. The van der Waals surface area contributed by atoms with Gasteiger partial charge in [0.1, 0.15) is 5.82 Å². The lowest BCUT2D eigenvalue weighted by atomic mass is 10.0. The maximum atomic E-state index is 13.0. The van der Waals surface area contributed by atoms with Gasteiger partial charge in [-0.1, -0.05) is 6.92 Å². The Hall–Kier alpha value is -3.72. The van der Waals surface area contributed by atoms with Gasteiger partial charge in [0.25, 0.3) is 5.91 Å². The van der Waals surface area contributed by atoms with Crippen molar-refractivity contribution in [3.8, 4) is 5.82 Å². The predicted octanol–water partition coefficient (Wildman–Crippen LogP) is 3.72. The van der Waals surface area contributed by atoms with E-state index in [1.165, 1.54) is 0 Å². The number of nitrogens with one attached hydrogen (secondary N) is 2. The molecule has 4 aromatic rings. The van der Waals surface area contributed by atoms with Crippen molar-refractivity contribution >= 4 is 22.6 Å². The number of amides is 1. The molecule has 0 saturated carbocycles. The average molecular weight is 474 g/mol. The molecule has 1 amide bonds. The number of fused-ring (bicyclic) bond motifs is 1. The fourth-order valence-electron chi connectivity index (χ4n) is 4.53. The second-order valence-electron chi connectivity index (χ2n) is 8.67. The molecule has 9 nitrogen and oxygen atoms in total. The van der Waals surface area contributed by atoms with Crippen LogP contribution in [0.4, 0.5) is 5.69 Å². The minimum atomic E-state index is -0.167. The van der Waals surface area contributed by atoms with Gasteiger partial charge >= 0.3 is 0 Å². The zero-order chi connectivity index (χ0) is 24.2. The van der Waals surface area contributed by atoms with E-state index in [0.717, 1.165) is 72.8 Å². The Morgan fingerprint density at radius 1 is 1.14 bits per heavy atom. The fourth-order valence-corrected chi connectivity index (χ4v) is 4.53. The highest BCUT2D eigenvalue weighted by Gasteiger charge is 2.22. The molecule has 0 bridgehead atoms. The smallest absolute Gasteiger partial charge is 0.253 e. The van der Waals surface area contributed by atoms with Crippen LogP contribution in [0.5, 0.6) is 0 Å². The van der Waals surface area contributed by atoms with Crippen molar-refractivity contribution in [1.29, 1.82) is 0 Å². The van der Waals surface area contributed by atoms with Gasteiger partial charge in [-0.05, 0) is 50.5 Å². The van der Waals surface area contributed by atoms with Crippen molar-refractivity contribution in [2.75, 3.05) is 18.5 Å². The van der Waals surface area contributed by atoms with Gasteiger partial charge in [-0.15, -0.1) is 0 Å². The van der Waals surface area contributed by atoms with Crippen LogP contribution in [0.3, 0.4) is 0 Å². The first-order chi connectivity index (χ1) is 17.2. The topological polar surface area (TPSA) is 98.9 Å². The van der Waals surface area contributed by atoms with Crippen LogP contribution < -0.4 is 10.6 Å². The monoisotopic (exact) mass is 473 g/mol. The van der Waals surface area contributed by atoms with Crippen molar-refractivity contribution in [3.05, 3.63) is 65.9 Å². The minimum absolute atomic E-state index is 0.167. The summed E-state index contributed by atoms with van der Waals surface area (Å²) in [6.45, 7) is 6.77. The zero-order valence-corrected chi connectivity index (χ0v) is 20.2. The van der Waals surface area contributed by atoms with Crippen molar-refractivity contribution in [1.82, 2.24) is 29.6 Å². The summed E-state index contributed by atoms with van der Waals surface area (Å²) in [6.07, 6.45) is 9.97. The van der Waals surface area contributed by atoms with Gasteiger partial charge in [0.05, 0.1) is 22.8 Å². The van der Waals surface area contributed by atoms with Gasteiger partial charge in [-0.25, -0.2) is 14.6 Å². The molecule has 0 radical (unpaired) electrons. The molecule has 0 aliphatic carbocycles. The Kier molecular flexibility index (Phi) is 6.76. The van der Waals surface area contributed by atoms with Crippen molar-refractivity contribution in [3.63, 3.8) is 0 Å². The first-order valence-electron chi connectivity index (χ1n) is 12.3. The van der Waals surface area contributed by atoms with E-state index in [2.05, 4.69) is 34.6 Å². The SMILES string of the molecule is CCc1nc2c(cnn2CC)c(NC2CCOCC2)c1CNC(=O)c1ccc(-n2cccc2)nc1. The summed E-state index contributed by atoms with van der Waals surface area (Å²) in [4.78, 5) is 22.4. The van der Waals surface area contributed by atoms with E-state index in [1.54, 1.807) is 12.3 Å². The van der Waals surface area contributed by atoms with E-state index in [1.807, 2.05) is 46.0 Å². The molecule has 0 atom stereocenters. The summed E-state index contributed by atoms with van der Waals surface area (Å²) < 4.78 is 9.37. The first kappa shape index (κ1) is 23.0. The number of rotatable bonds is 8. The molecule has 182 valence electrons. The number of nitrogens with zero attached hydrogens (tertiary/aromatic N) is 5. The molecule has 9 heteroatoms. The number of carbonyl (C=O) groups is 1. The van der Waals surface area contributed by atoms with Crippen molar-refractivity contribution < 1.29 is 9.53 Å². The van der Waals surface area contributed by atoms with E-state index in [-0.39, 0.29) is 5.91 Å². The summed E-state index contributed by atoms with van der Waals surface area (Å²) in [5.41, 5.74) is 4.38. The molecule has 0 spiro atoms. The van der Waals surface area contributed by atoms with E-state index < -0.39 is 0 Å². The summed E-state index contributed by atoms with van der Waals surface area (Å²) >= 11 is 0. The maximum absolute atomic E-state index is 13.0. The number of ether oxygens (including phenoxy) is 1. The molecule has 1 fully saturated rings. The van der Waals surface area contributed by atoms with Crippen LogP contribution in [0.1, 0.15) is 48.3 Å². The number of hydrogen-bond donors (Lipinski definition) is 2. The second kappa shape index (κ2) is 10.3. The predicted molar refractivity (Wildman–Crippen MR) is 135 cm³/mol. The molecule has 5 rings (SSSR count). The third-order valence-electron chi connectivity index (χ3n) is 6.48. The van der Waals surface area contributed by atoms with E-state index in [0.29, 0.717) is 18.2 Å². The summed E-state index contributed by atoms with van der Waals surface area (Å²) in [7, 11) is 0. The molecule has 0 aromatic carbocycles. The van der Waals surface area contributed by atoms with Crippen LogP contribution in [-0.4, -0.2) is 49.5 Å². The summed E-state index contributed by atoms with van der Waals surface area (Å²) in [6, 6.07) is 7.83. The van der Waals surface area contributed by atoms with E-state index in [4.69, 9.17) is 9.72 Å². The molecule has 4 aromatic heterocycles. The molecule has 0 unspecified atom stereocenters. The third-order valence-corrected chi connectivity index (χ3v) is 6.48. The highest BCUT2D eigenvalue weighted by atomic mass is 16.5. The quantitative estimate of drug-likeness (QED) is 0.405. The average Bonchev–Trinajstić information content (AvgIpc) is 3.58. The second-order valence-corrected chi connectivity index (χ2v) is 8.67. The Morgan fingerprint density at radius 2 is 1.94 bits per heavy atom. The number of hydrogen-bond acceptors (Lipinski definition) is 6. The highest BCUT2D eigenvalue weighted by Crippen LogP contribution is 2.31. The van der Waals surface area contributed by atoms with Crippen molar-refractivity contribution in [2.24, 2.45) is 0 Å². The standard InChI is InChI=1S/C26H31N7O2/c1-3-22-20(16-28-26(34)18-7-8-23(27-15-18)32-11-5-6-12-32)24(30-19-9-13-35-14-10-19)21-17-29-33(4-2)25(21)31-22/h5-8,11-12,15,17,19H,3-4,9-10,13-14,16H2,1-2H3,(H,28,34)(H,30,31). The van der Waals surface area contributed by atoms with E-state index in [9.17, 15) is 4.79 Å². The molecular weight excluding hydrogens is 442 g/mol. The van der Waals surface area contributed by atoms with Crippen molar-refractivity contribution in [2.45, 2.75) is 52.2 Å². The largest absolute Gasteiger partial charge is 0.381 e. The number of aromatic nitrogens is 5. The van der Waals surface area contributed by atoms with Gasteiger partial charge in [-0.2, -0.15) is 5.10 Å². The van der Waals surface area contributed by atoms with Gasteiger partial charge < -0.3 is 19.9 Å². The Morgan fingerprint density at radius 3 is 2.63 bits per heavy atom. The highest BCUT2D eigenvalue weighted by molar-refractivity contribution is 5.95. The minimum Gasteiger partial charge on any atom is -0.381 e. The molecular formula is C26H31N7O2. The molecule has 1 saturated heterocycles. The Labute approximate surface area is 204 Å². The Balaban J connectivity index is 1.42. The van der Waals surface area contributed by atoms with Gasteiger partial charge in [-0.3, -0.25) is 4.79 Å². The van der Waals surface area contributed by atoms with Gasteiger partial charge in [0.2, 0.25) is 0 Å². The number of anilines is 1. The first-order valence-corrected chi connectivity index (χ1v) is 12.3. The third kappa shape index (κ3) is 4.77. The molecule has 2 N–H and O–H groups in total. The van der Waals surface area contributed by atoms with Crippen LogP contribution >= 0.6 is 0 Å². The van der Waals surface area contributed by atoms with Crippen LogP contribution in [0, 0.1) is 0 Å². The number of pyridine rings is 2. The van der Waals surface area contributed by atoms with Crippen LogP contribution in [-0.2, 0) is 24.2 Å². The molecule has 1 aliphatic heterocycles. The molecule has 5 heterocycles. The normalized spacial score (nSPS) is 14.3. The van der Waals surface area contributed by atoms with E-state index >= 15 is 0 Å². The zero-order valence-electron chi connectivity index (χ0n) is 20.2. The lowest BCUT2D eigenvalue weighted by Crippen LogP contribution is -2.30. The Bertz CT molecular complexity index is 1290. The fraction of sp³-hybridized carbons (Fsp3) is 0.385. The van der Waals surface area contributed by atoms with Gasteiger partial charge in [0, 0.05) is 62.2 Å². The van der Waals surface area contributed by atoms with Gasteiger partial charge in [0.15, 0.2) is 5.65 Å². The maximum Gasteiger partial charge on any atom is 0.253 e. The lowest BCUT2D eigenvalue weighted by molar-refractivity contribution is 0.0904. The lowest BCUT2D eigenvalue weighted by Gasteiger charge is -2.26. The summed E-state index contributed by atoms with van der Waals surface area (Å²) in [5.74, 6) is 0.602. The molecule has 35 heavy (non-hydrogen) atoms. The van der Waals surface area contributed by atoms with Crippen LogP contribution in [0.15, 0.2) is 49.1 Å². The number of carbonyl (C=O) groups excluding carboxylic acids is 1. The van der Waals surface area contributed by atoms with Crippen LogP contribution in [0.25, 0.3) is 16.9 Å².